The van der Waals surface area contributed by atoms with Crippen molar-refractivity contribution in [3.8, 4) is 0 Å². The molecule has 3 rings (SSSR count). The summed E-state index contributed by atoms with van der Waals surface area (Å²) >= 11 is 8.38. The second-order valence-electron chi connectivity index (χ2n) is 5.29. The highest BCUT2D eigenvalue weighted by Gasteiger charge is 2.41. The number of amides is 1. The first-order valence-corrected chi connectivity index (χ1v) is 8.78. The van der Waals surface area contributed by atoms with E-state index in [0.717, 1.165) is 37.4 Å². The van der Waals surface area contributed by atoms with Crippen LogP contribution in [0.1, 0.15) is 36.0 Å². The summed E-state index contributed by atoms with van der Waals surface area (Å²) in [4.78, 5) is 12.1. The first-order valence-electron chi connectivity index (χ1n) is 6.38. The summed E-state index contributed by atoms with van der Waals surface area (Å²) in [7, 11) is 0. The summed E-state index contributed by atoms with van der Waals surface area (Å²) in [5.74, 6) is 2.55. The smallest absolute Gasteiger partial charge is 0.253 e. The number of nitrogens with one attached hydrogen (secondary N) is 1. The molecule has 0 unspecified atom stereocenters. The third-order valence-electron chi connectivity index (χ3n) is 3.85. The van der Waals surface area contributed by atoms with E-state index in [2.05, 4.69) is 37.2 Å². The summed E-state index contributed by atoms with van der Waals surface area (Å²) in [5.41, 5.74) is 0.747. The van der Waals surface area contributed by atoms with Gasteiger partial charge in [0.25, 0.3) is 5.91 Å². The van der Waals surface area contributed by atoms with E-state index in [1.54, 1.807) is 11.3 Å². The molecule has 1 aromatic heterocycles. The molecule has 2 aliphatic carbocycles. The van der Waals surface area contributed by atoms with Crippen molar-refractivity contribution in [3.63, 3.8) is 0 Å². The van der Waals surface area contributed by atoms with Crippen LogP contribution >= 0.6 is 43.2 Å². The molecule has 0 radical (unpaired) electrons. The van der Waals surface area contributed by atoms with E-state index < -0.39 is 0 Å². The quantitative estimate of drug-likeness (QED) is 0.788. The Morgan fingerprint density at radius 2 is 1.94 bits per heavy atom. The van der Waals surface area contributed by atoms with Crippen LogP contribution in [-0.4, -0.2) is 12.5 Å². The second kappa shape index (κ2) is 5.25. The van der Waals surface area contributed by atoms with E-state index in [9.17, 15) is 4.79 Å². The molecule has 0 bridgehead atoms. The largest absolute Gasteiger partial charge is 0.352 e. The monoisotopic (exact) mass is 391 g/mol. The number of hydrogen-bond acceptors (Lipinski definition) is 2. The van der Waals surface area contributed by atoms with Gasteiger partial charge in [-0.3, -0.25) is 4.79 Å². The molecule has 2 saturated carbocycles. The topological polar surface area (TPSA) is 29.1 Å². The van der Waals surface area contributed by atoms with Crippen molar-refractivity contribution in [1.82, 2.24) is 5.32 Å². The molecule has 1 amide bonds. The lowest BCUT2D eigenvalue weighted by Gasteiger charge is -2.15. The van der Waals surface area contributed by atoms with Gasteiger partial charge in [-0.05, 0) is 81.4 Å². The van der Waals surface area contributed by atoms with Gasteiger partial charge < -0.3 is 5.32 Å². The van der Waals surface area contributed by atoms with Crippen LogP contribution in [-0.2, 0) is 0 Å². The molecule has 98 valence electrons. The minimum atomic E-state index is 0.0510. The fraction of sp³-hybridized carbons (Fsp3) is 0.615. The molecule has 1 heterocycles. The average molecular weight is 393 g/mol. The van der Waals surface area contributed by atoms with E-state index in [4.69, 9.17) is 0 Å². The Morgan fingerprint density at radius 3 is 2.39 bits per heavy atom. The van der Waals surface area contributed by atoms with Gasteiger partial charge in [-0.1, -0.05) is 0 Å². The van der Waals surface area contributed by atoms with Gasteiger partial charge in [-0.25, -0.2) is 0 Å². The highest BCUT2D eigenvalue weighted by Crippen LogP contribution is 2.48. The third kappa shape index (κ3) is 2.99. The molecule has 0 spiro atoms. The molecule has 5 heteroatoms. The number of carbonyl (C=O) groups is 1. The van der Waals surface area contributed by atoms with Crippen LogP contribution in [0.5, 0.6) is 0 Å². The Labute approximate surface area is 128 Å². The zero-order valence-electron chi connectivity index (χ0n) is 9.92. The maximum Gasteiger partial charge on any atom is 0.253 e. The summed E-state index contributed by atoms with van der Waals surface area (Å²) in [6, 6.07) is 1.88. The van der Waals surface area contributed by atoms with E-state index in [1.165, 1.54) is 25.7 Å². The van der Waals surface area contributed by atoms with Crippen LogP contribution in [0.2, 0.25) is 0 Å². The zero-order chi connectivity index (χ0) is 12.7. The van der Waals surface area contributed by atoms with Gasteiger partial charge in [0.15, 0.2) is 0 Å². The van der Waals surface area contributed by atoms with Crippen molar-refractivity contribution < 1.29 is 4.79 Å². The fourth-order valence-corrected chi connectivity index (χ4v) is 5.36. The van der Waals surface area contributed by atoms with E-state index in [1.807, 2.05) is 6.07 Å². The number of carbonyl (C=O) groups excluding carboxylic acids is 1. The average Bonchev–Trinajstić information content (AvgIpc) is 3.19. The molecule has 2 nitrogen and oxygen atoms in total. The highest BCUT2D eigenvalue weighted by molar-refractivity contribution is 9.12. The summed E-state index contributed by atoms with van der Waals surface area (Å²) in [6.45, 7) is 0.855. The molecule has 18 heavy (non-hydrogen) atoms. The SMILES string of the molecule is O=C(NCC(C1CC1)C1CC1)c1cc(Br)sc1Br. The Bertz CT molecular complexity index is 454. The predicted octanol–water partition coefficient (Wildman–Crippen LogP) is 4.44. The Balaban J connectivity index is 1.58. The van der Waals surface area contributed by atoms with Crippen molar-refractivity contribution in [3.05, 3.63) is 19.2 Å². The summed E-state index contributed by atoms with van der Waals surface area (Å²) in [6.07, 6.45) is 5.46. The van der Waals surface area contributed by atoms with Gasteiger partial charge in [-0.15, -0.1) is 11.3 Å². The Hall–Kier alpha value is 0.130. The van der Waals surface area contributed by atoms with Crippen LogP contribution in [0.15, 0.2) is 13.6 Å². The van der Waals surface area contributed by atoms with Crippen LogP contribution < -0.4 is 5.32 Å². The lowest BCUT2D eigenvalue weighted by molar-refractivity contribution is 0.0943. The fourth-order valence-electron chi connectivity index (χ4n) is 2.57. The first-order chi connectivity index (χ1) is 8.65. The molecule has 0 saturated heterocycles. The maximum absolute atomic E-state index is 12.1. The van der Waals surface area contributed by atoms with Crippen LogP contribution in [0.3, 0.4) is 0 Å². The van der Waals surface area contributed by atoms with E-state index in [-0.39, 0.29) is 5.91 Å². The van der Waals surface area contributed by atoms with Crippen molar-refractivity contribution in [1.29, 1.82) is 0 Å². The van der Waals surface area contributed by atoms with Gasteiger partial charge >= 0.3 is 0 Å². The molecule has 2 fully saturated rings. The van der Waals surface area contributed by atoms with Gasteiger partial charge in [0.05, 0.1) is 13.1 Å². The minimum absolute atomic E-state index is 0.0510. The summed E-state index contributed by atoms with van der Waals surface area (Å²) in [5, 5.41) is 3.11. The Morgan fingerprint density at radius 1 is 1.33 bits per heavy atom. The Kier molecular flexibility index (Phi) is 3.83. The molecule has 2 aliphatic rings. The standard InChI is InChI=1S/C13H15Br2NOS/c14-11-5-9(12(15)18-11)13(17)16-6-10(7-1-2-7)8-3-4-8/h5,7-8,10H,1-4,6H2,(H,16,17). The molecule has 0 aliphatic heterocycles. The highest BCUT2D eigenvalue weighted by atomic mass is 79.9. The van der Waals surface area contributed by atoms with Crippen LogP contribution in [0, 0.1) is 17.8 Å². The first kappa shape index (κ1) is 13.1. The number of halogens is 2. The number of thiophene rings is 1. The number of hydrogen-bond donors (Lipinski definition) is 1. The van der Waals surface area contributed by atoms with Crippen molar-refractivity contribution in [2.24, 2.45) is 17.8 Å². The van der Waals surface area contributed by atoms with Crippen LogP contribution in [0.25, 0.3) is 0 Å². The third-order valence-corrected chi connectivity index (χ3v) is 6.19. The van der Waals surface area contributed by atoms with Gasteiger partial charge in [0.2, 0.25) is 0 Å². The molecule has 1 aromatic rings. The zero-order valence-corrected chi connectivity index (χ0v) is 13.9. The minimum Gasteiger partial charge on any atom is -0.352 e. The molecule has 0 aromatic carbocycles. The van der Waals surface area contributed by atoms with Crippen molar-refractivity contribution in [2.45, 2.75) is 25.7 Å². The van der Waals surface area contributed by atoms with Crippen LogP contribution in [0.4, 0.5) is 0 Å². The molecular formula is C13H15Br2NOS. The molecular weight excluding hydrogens is 378 g/mol. The summed E-state index contributed by atoms with van der Waals surface area (Å²) < 4.78 is 1.89. The van der Waals surface area contributed by atoms with Gasteiger partial charge in [0.1, 0.15) is 0 Å². The van der Waals surface area contributed by atoms with Gasteiger partial charge in [0, 0.05) is 6.54 Å². The molecule has 1 N–H and O–H groups in total. The predicted molar refractivity (Wildman–Crippen MR) is 81.0 cm³/mol. The van der Waals surface area contributed by atoms with Crippen molar-refractivity contribution in [2.75, 3.05) is 6.54 Å². The maximum atomic E-state index is 12.1. The second-order valence-corrected chi connectivity index (χ2v) is 9.04. The molecule has 0 atom stereocenters. The van der Waals surface area contributed by atoms with E-state index >= 15 is 0 Å². The van der Waals surface area contributed by atoms with Crippen molar-refractivity contribution >= 4 is 49.1 Å². The van der Waals surface area contributed by atoms with Gasteiger partial charge in [-0.2, -0.15) is 0 Å². The normalized spacial score (nSPS) is 19.3. The lowest BCUT2D eigenvalue weighted by atomic mass is 9.98. The number of rotatable bonds is 5. The lowest BCUT2D eigenvalue weighted by Crippen LogP contribution is -2.31. The van der Waals surface area contributed by atoms with E-state index in [0.29, 0.717) is 0 Å².